The largest absolute Gasteiger partial charge is 0.469 e. The van der Waals surface area contributed by atoms with E-state index in [1.54, 1.807) is 0 Å². The molecule has 5 atom stereocenters. The Hall–Kier alpha value is -0.770. The fourth-order valence-electron chi connectivity index (χ4n) is 2.59. The average Bonchev–Trinajstić information content (AvgIpc) is 2.59. The summed E-state index contributed by atoms with van der Waals surface area (Å²) in [5.41, 5.74) is 0. The summed E-state index contributed by atoms with van der Waals surface area (Å²) in [7, 11) is 1.39. The third kappa shape index (κ3) is 7.00. The number of hydrogen-bond acceptors (Lipinski definition) is 8. The van der Waals surface area contributed by atoms with E-state index < -0.39 is 37.3 Å². The van der Waals surface area contributed by atoms with Gasteiger partial charge in [-0.25, -0.2) is 0 Å². The van der Waals surface area contributed by atoms with Gasteiger partial charge in [0.2, 0.25) is 0 Å². The van der Waals surface area contributed by atoms with Crippen molar-refractivity contribution >= 4 is 5.97 Å². The van der Waals surface area contributed by atoms with E-state index in [0.29, 0.717) is 13.0 Å². The summed E-state index contributed by atoms with van der Waals surface area (Å²) in [4.78, 5) is 10.9. The molecule has 0 aromatic carbocycles. The van der Waals surface area contributed by atoms with Crippen LogP contribution in [0.3, 0.4) is 0 Å². The smallest absolute Gasteiger partial charge is 0.305 e. The third-order valence-corrected chi connectivity index (χ3v) is 4.13. The van der Waals surface area contributed by atoms with Gasteiger partial charge >= 0.3 is 5.97 Å². The van der Waals surface area contributed by atoms with Gasteiger partial charge in [-0.3, -0.25) is 4.79 Å². The van der Waals surface area contributed by atoms with Gasteiger partial charge in [0.25, 0.3) is 0 Å². The molecule has 0 unspecified atom stereocenters. The zero-order chi connectivity index (χ0) is 17.9. The molecule has 0 aromatic heterocycles. The molecule has 1 aliphatic heterocycles. The minimum Gasteiger partial charge on any atom is -0.469 e. The maximum absolute atomic E-state index is 10.9. The average molecular weight is 350 g/mol. The Morgan fingerprint density at radius 3 is 2.21 bits per heavy atom. The highest BCUT2D eigenvalue weighted by atomic mass is 16.7. The molecule has 0 saturated carbocycles. The Balaban J connectivity index is 2.07. The van der Waals surface area contributed by atoms with Gasteiger partial charge < -0.3 is 34.6 Å². The number of hydrogen-bond donors (Lipinski definition) is 4. The molecule has 1 rings (SSSR count). The number of ether oxygens (including phenoxy) is 3. The third-order valence-electron chi connectivity index (χ3n) is 4.13. The van der Waals surface area contributed by atoms with Crippen LogP contribution in [-0.2, 0) is 19.0 Å². The number of carbonyl (C=O) groups is 1. The first kappa shape index (κ1) is 21.3. The van der Waals surface area contributed by atoms with Gasteiger partial charge in [0, 0.05) is 13.0 Å². The molecule has 0 amide bonds. The van der Waals surface area contributed by atoms with Crippen molar-refractivity contribution in [3.05, 3.63) is 0 Å². The van der Waals surface area contributed by atoms with Gasteiger partial charge in [0.15, 0.2) is 6.29 Å². The van der Waals surface area contributed by atoms with Crippen LogP contribution in [0.15, 0.2) is 0 Å². The topological polar surface area (TPSA) is 126 Å². The summed E-state index contributed by atoms with van der Waals surface area (Å²) in [6, 6.07) is 0. The number of methoxy groups -OCH3 is 1. The van der Waals surface area contributed by atoms with Crippen molar-refractivity contribution in [3.63, 3.8) is 0 Å². The molecule has 0 aliphatic carbocycles. The number of esters is 1. The second kappa shape index (κ2) is 11.7. The summed E-state index contributed by atoms with van der Waals surface area (Å²) in [5.74, 6) is -0.178. The molecule has 1 heterocycles. The fourth-order valence-corrected chi connectivity index (χ4v) is 2.59. The van der Waals surface area contributed by atoms with Crippen LogP contribution in [0.1, 0.15) is 44.9 Å². The molecule has 1 fully saturated rings. The maximum atomic E-state index is 10.9. The van der Waals surface area contributed by atoms with Crippen molar-refractivity contribution in [2.75, 3.05) is 20.3 Å². The first-order valence-corrected chi connectivity index (χ1v) is 8.50. The first-order valence-electron chi connectivity index (χ1n) is 8.50. The Kier molecular flexibility index (Phi) is 10.4. The van der Waals surface area contributed by atoms with Crippen molar-refractivity contribution in [2.45, 2.75) is 75.7 Å². The minimum atomic E-state index is -1.41. The molecule has 24 heavy (non-hydrogen) atoms. The van der Waals surface area contributed by atoms with Crippen molar-refractivity contribution in [1.82, 2.24) is 0 Å². The van der Waals surface area contributed by atoms with Crippen molar-refractivity contribution in [1.29, 1.82) is 0 Å². The van der Waals surface area contributed by atoms with Crippen LogP contribution in [0.4, 0.5) is 0 Å². The van der Waals surface area contributed by atoms with Gasteiger partial charge in [-0.1, -0.05) is 25.7 Å². The number of unbranched alkanes of at least 4 members (excludes halogenated alkanes) is 5. The van der Waals surface area contributed by atoms with E-state index >= 15 is 0 Å². The van der Waals surface area contributed by atoms with Crippen molar-refractivity contribution in [3.8, 4) is 0 Å². The molecule has 8 nitrogen and oxygen atoms in total. The molecule has 0 spiro atoms. The zero-order valence-corrected chi connectivity index (χ0v) is 14.2. The molecular weight excluding hydrogens is 320 g/mol. The standard InChI is InChI=1S/C16H30O8/c1-22-12(18)8-6-4-2-3-5-7-9-23-16-15(21)14(20)13(19)11(10-17)24-16/h11,13-17,19-21H,2-10H2,1H3/t11-,13+,14+,15-,16+/m1/s1. The van der Waals surface area contributed by atoms with Crippen LogP contribution >= 0.6 is 0 Å². The summed E-state index contributed by atoms with van der Waals surface area (Å²) in [5, 5.41) is 38.2. The van der Waals surface area contributed by atoms with Gasteiger partial charge in [0.05, 0.1) is 13.7 Å². The number of rotatable bonds is 11. The second-order valence-corrected chi connectivity index (χ2v) is 6.02. The SMILES string of the molecule is COC(=O)CCCCCCCCO[C@H]1O[C@H](CO)[C@H](O)[C@H](O)[C@H]1O. The Morgan fingerprint density at radius 1 is 0.958 bits per heavy atom. The molecule has 0 aromatic rings. The molecule has 4 N–H and O–H groups in total. The van der Waals surface area contributed by atoms with Gasteiger partial charge in [-0.05, 0) is 12.8 Å². The van der Waals surface area contributed by atoms with E-state index in [0.717, 1.165) is 38.5 Å². The quantitative estimate of drug-likeness (QED) is 0.296. The summed E-state index contributed by atoms with van der Waals surface area (Å²) in [6.45, 7) is -0.110. The van der Waals surface area contributed by atoms with Gasteiger partial charge in [0.1, 0.15) is 24.4 Å². The molecule has 0 radical (unpaired) electrons. The summed E-state index contributed by atoms with van der Waals surface area (Å²) in [6.07, 6.45) is -0.110. The number of aliphatic hydroxyl groups is 4. The summed E-state index contributed by atoms with van der Waals surface area (Å²) >= 11 is 0. The van der Waals surface area contributed by atoms with E-state index in [1.165, 1.54) is 7.11 Å². The predicted octanol–water partition coefficient (Wildman–Crippen LogP) is -0.293. The highest BCUT2D eigenvalue weighted by Gasteiger charge is 2.43. The molecule has 8 heteroatoms. The second-order valence-electron chi connectivity index (χ2n) is 6.02. The van der Waals surface area contributed by atoms with E-state index in [1.807, 2.05) is 0 Å². The normalized spacial score (nSPS) is 30.3. The van der Waals surface area contributed by atoms with Crippen LogP contribution < -0.4 is 0 Å². The van der Waals surface area contributed by atoms with E-state index in [9.17, 15) is 20.1 Å². The lowest BCUT2D eigenvalue weighted by Crippen LogP contribution is -2.59. The predicted molar refractivity (Wildman–Crippen MR) is 84.1 cm³/mol. The molecule has 1 aliphatic rings. The van der Waals surface area contributed by atoms with E-state index in [-0.39, 0.29) is 5.97 Å². The van der Waals surface area contributed by atoms with Crippen LogP contribution in [0.5, 0.6) is 0 Å². The Morgan fingerprint density at radius 2 is 1.58 bits per heavy atom. The fraction of sp³-hybridized carbons (Fsp3) is 0.938. The lowest BCUT2D eigenvalue weighted by molar-refractivity contribution is -0.301. The highest BCUT2D eigenvalue weighted by molar-refractivity contribution is 5.68. The number of aliphatic hydroxyl groups excluding tert-OH is 4. The molecular formula is C16H30O8. The summed E-state index contributed by atoms with van der Waals surface area (Å²) < 4.78 is 15.2. The molecule has 142 valence electrons. The Bertz CT molecular complexity index is 349. The van der Waals surface area contributed by atoms with Gasteiger partial charge in [-0.15, -0.1) is 0 Å². The van der Waals surface area contributed by atoms with Crippen LogP contribution in [-0.4, -0.2) is 77.4 Å². The lowest BCUT2D eigenvalue weighted by atomic mass is 9.99. The molecule has 0 bridgehead atoms. The monoisotopic (exact) mass is 350 g/mol. The van der Waals surface area contributed by atoms with Crippen LogP contribution in [0.25, 0.3) is 0 Å². The Labute approximate surface area is 142 Å². The first-order chi connectivity index (χ1) is 11.5. The van der Waals surface area contributed by atoms with Crippen LogP contribution in [0.2, 0.25) is 0 Å². The van der Waals surface area contributed by atoms with E-state index in [4.69, 9.17) is 14.6 Å². The zero-order valence-electron chi connectivity index (χ0n) is 14.2. The van der Waals surface area contributed by atoms with Gasteiger partial charge in [-0.2, -0.15) is 0 Å². The minimum absolute atomic E-state index is 0.178. The van der Waals surface area contributed by atoms with Crippen molar-refractivity contribution in [2.24, 2.45) is 0 Å². The molecule has 1 saturated heterocycles. The van der Waals surface area contributed by atoms with Crippen LogP contribution in [0, 0.1) is 0 Å². The highest BCUT2D eigenvalue weighted by Crippen LogP contribution is 2.22. The van der Waals surface area contributed by atoms with E-state index in [2.05, 4.69) is 4.74 Å². The number of carbonyl (C=O) groups excluding carboxylic acids is 1. The van der Waals surface area contributed by atoms with Crippen molar-refractivity contribution < 1.29 is 39.4 Å². The maximum Gasteiger partial charge on any atom is 0.305 e. The lowest BCUT2D eigenvalue weighted by Gasteiger charge is -2.39.